The Bertz CT molecular complexity index is 3270. The molecule has 1 heteroatoms. The van der Waals surface area contributed by atoms with E-state index in [1.165, 1.54) is 77.9 Å². The number of hydrogen-bond donors (Lipinski definition) is 0. The lowest BCUT2D eigenvalue weighted by Gasteiger charge is -2.35. The molecule has 0 amide bonds. The van der Waals surface area contributed by atoms with Gasteiger partial charge in [0.2, 0.25) is 0 Å². The number of anilines is 3. The lowest BCUT2D eigenvalue weighted by Crippen LogP contribution is -2.28. The van der Waals surface area contributed by atoms with Crippen LogP contribution in [0.3, 0.4) is 0 Å². The average molecular weight is 830 g/mol. The van der Waals surface area contributed by atoms with Crippen molar-refractivity contribution >= 4 is 17.1 Å². The fraction of sp³-hybridized carbons (Fsp3) is 0.0625. The van der Waals surface area contributed by atoms with E-state index in [1.54, 1.807) is 0 Å². The zero-order valence-electron chi connectivity index (χ0n) is 36.6. The molecule has 0 N–H and O–H groups in total. The number of nitrogens with zero attached hydrogens (tertiary/aromatic N) is 1. The Kier molecular flexibility index (Phi) is 9.14. The van der Waals surface area contributed by atoms with E-state index in [1.807, 2.05) is 0 Å². The molecule has 0 fully saturated rings. The molecule has 10 aromatic rings. The minimum absolute atomic E-state index is 0.0770. The van der Waals surface area contributed by atoms with Gasteiger partial charge in [-0.15, -0.1) is 0 Å². The van der Waals surface area contributed by atoms with Gasteiger partial charge in [0.1, 0.15) is 0 Å². The molecule has 10 aromatic carbocycles. The Morgan fingerprint density at radius 1 is 0.308 bits per heavy atom. The molecule has 0 aromatic heterocycles. The summed E-state index contributed by atoms with van der Waals surface area (Å²) < 4.78 is 0. The zero-order valence-corrected chi connectivity index (χ0v) is 36.6. The Morgan fingerprint density at radius 3 is 1.38 bits per heavy atom. The molecule has 2 aliphatic rings. The highest BCUT2D eigenvalue weighted by molar-refractivity contribution is 6.03. The van der Waals surface area contributed by atoms with Gasteiger partial charge < -0.3 is 4.90 Å². The van der Waals surface area contributed by atoms with E-state index in [-0.39, 0.29) is 5.41 Å². The van der Waals surface area contributed by atoms with Crippen LogP contribution in [0, 0.1) is 0 Å². The van der Waals surface area contributed by atoms with Crippen LogP contribution >= 0.6 is 0 Å². The first-order valence-electron chi connectivity index (χ1n) is 22.8. The maximum absolute atomic E-state index is 2.55. The summed E-state index contributed by atoms with van der Waals surface area (Å²) in [6, 6.07) is 92.1. The Hall–Kier alpha value is -8.00. The normalized spacial score (nSPS) is 13.6. The van der Waals surface area contributed by atoms with Gasteiger partial charge in [0.25, 0.3) is 0 Å². The molecule has 2 aliphatic carbocycles. The van der Waals surface area contributed by atoms with Gasteiger partial charge in [0, 0.05) is 27.8 Å². The van der Waals surface area contributed by atoms with E-state index in [0.717, 1.165) is 28.2 Å². The van der Waals surface area contributed by atoms with E-state index in [9.17, 15) is 0 Å². The summed E-state index contributed by atoms with van der Waals surface area (Å²) in [7, 11) is 0. The van der Waals surface area contributed by atoms with Gasteiger partial charge in [-0.25, -0.2) is 0 Å². The molecule has 12 rings (SSSR count). The van der Waals surface area contributed by atoms with Crippen LogP contribution < -0.4 is 4.90 Å². The van der Waals surface area contributed by atoms with E-state index in [0.29, 0.717) is 0 Å². The first-order chi connectivity index (χ1) is 32.0. The van der Waals surface area contributed by atoms with Crippen LogP contribution in [0.5, 0.6) is 0 Å². The molecule has 0 saturated heterocycles. The van der Waals surface area contributed by atoms with Crippen molar-refractivity contribution in [2.24, 2.45) is 0 Å². The summed E-state index contributed by atoms with van der Waals surface area (Å²) in [6.45, 7) is 4.72. The highest BCUT2D eigenvalue weighted by atomic mass is 15.2. The van der Waals surface area contributed by atoms with E-state index < -0.39 is 5.41 Å². The van der Waals surface area contributed by atoms with Crippen molar-refractivity contribution in [2.45, 2.75) is 24.7 Å². The second-order valence-electron chi connectivity index (χ2n) is 18.0. The third kappa shape index (κ3) is 6.00. The van der Waals surface area contributed by atoms with Gasteiger partial charge in [-0.2, -0.15) is 0 Å². The zero-order chi connectivity index (χ0) is 43.5. The number of hydrogen-bond acceptors (Lipinski definition) is 1. The van der Waals surface area contributed by atoms with Crippen molar-refractivity contribution in [3.05, 3.63) is 282 Å². The third-order valence-electron chi connectivity index (χ3n) is 14.2. The summed E-state index contributed by atoms with van der Waals surface area (Å²) in [5, 5.41) is 0. The van der Waals surface area contributed by atoms with Crippen molar-refractivity contribution in [3.63, 3.8) is 0 Å². The minimum Gasteiger partial charge on any atom is -0.309 e. The van der Waals surface area contributed by atoms with Gasteiger partial charge in [-0.05, 0) is 96.6 Å². The van der Waals surface area contributed by atoms with Crippen LogP contribution in [0.2, 0.25) is 0 Å². The predicted octanol–water partition coefficient (Wildman–Crippen LogP) is 16.8. The quantitative estimate of drug-likeness (QED) is 0.147. The Labute approximate surface area is 382 Å². The molecule has 0 aliphatic heterocycles. The maximum Gasteiger partial charge on any atom is 0.0714 e. The second kappa shape index (κ2) is 15.4. The monoisotopic (exact) mass is 829 g/mol. The smallest absolute Gasteiger partial charge is 0.0714 e. The van der Waals surface area contributed by atoms with Gasteiger partial charge >= 0.3 is 0 Å². The first kappa shape index (κ1) is 38.7. The summed E-state index contributed by atoms with van der Waals surface area (Å²) >= 11 is 0. The van der Waals surface area contributed by atoms with E-state index >= 15 is 0 Å². The number of rotatable bonds is 8. The van der Waals surface area contributed by atoms with E-state index in [2.05, 4.69) is 267 Å². The Balaban J connectivity index is 1.13. The van der Waals surface area contributed by atoms with Crippen molar-refractivity contribution in [3.8, 4) is 55.6 Å². The van der Waals surface area contributed by atoms with E-state index in [4.69, 9.17) is 0 Å². The summed E-state index contributed by atoms with van der Waals surface area (Å²) in [4.78, 5) is 2.55. The summed E-state index contributed by atoms with van der Waals surface area (Å²) in [6.07, 6.45) is 0. The van der Waals surface area contributed by atoms with Crippen molar-refractivity contribution in [2.75, 3.05) is 4.90 Å². The second-order valence-corrected chi connectivity index (χ2v) is 18.0. The average Bonchev–Trinajstić information content (AvgIpc) is 3.81. The highest BCUT2D eigenvalue weighted by Crippen LogP contribution is 2.60. The van der Waals surface area contributed by atoms with Gasteiger partial charge in [-0.3, -0.25) is 0 Å². The molecule has 0 heterocycles. The fourth-order valence-electron chi connectivity index (χ4n) is 11.2. The molecule has 1 nitrogen and oxygen atoms in total. The van der Waals surface area contributed by atoms with Crippen molar-refractivity contribution < 1.29 is 0 Å². The van der Waals surface area contributed by atoms with Crippen LogP contribution in [-0.4, -0.2) is 0 Å². The summed E-state index contributed by atoms with van der Waals surface area (Å²) in [5.41, 5.74) is 22.8. The SMILES string of the molecule is CC1(C)c2ccccc2-c2ccc(-c3ccc(N(c4cccc5c4-c4ccccc4C5(c4ccccc4)c4ccccc4)c4c(-c5ccccc5)cccc4-c4ccccc4)cc3)cc21. The molecular weight excluding hydrogens is 783 g/mol. The van der Waals surface area contributed by atoms with Crippen LogP contribution in [0.25, 0.3) is 55.6 Å². The standard InChI is InChI=1S/C64H47N/c1-63(2)56-33-17-15-29-53(56)54-42-39-47(43-59(54)63)44-37-40-50(41-38-44)65(62-51(45-21-7-3-8-22-45)31-19-32-52(62)46-23-9-4-10-24-46)60-36-20-35-58-61(60)55-30-16-18-34-57(55)64(58,48-25-11-5-12-26-48)49-27-13-6-14-28-49/h3-43H,1-2H3. The number of para-hydroxylation sites is 1. The number of fused-ring (bicyclic) bond motifs is 6. The molecule has 0 bridgehead atoms. The first-order valence-corrected chi connectivity index (χ1v) is 22.8. The molecule has 0 saturated carbocycles. The van der Waals surface area contributed by atoms with Crippen molar-refractivity contribution in [1.82, 2.24) is 0 Å². The maximum atomic E-state index is 2.55. The lowest BCUT2D eigenvalue weighted by atomic mass is 9.68. The van der Waals surface area contributed by atoms with Gasteiger partial charge in [0.05, 0.1) is 16.8 Å². The van der Waals surface area contributed by atoms with Gasteiger partial charge in [0.15, 0.2) is 0 Å². The predicted molar refractivity (Wildman–Crippen MR) is 272 cm³/mol. The molecule has 0 radical (unpaired) electrons. The fourth-order valence-corrected chi connectivity index (χ4v) is 11.2. The van der Waals surface area contributed by atoms with Crippen LogP contribution in [0.15, 0.2) is 249 Å². The molecule has 65 heavy (non-hydrogen) atoms. The van der Waals surface area contributed by atoms with Crippen LogP contribution in [0.4, 0.5) is 17.1 Å². The molecule has 0 unspecified atom stereocenters. The largest absolute Gasteiger partial charge is 0.309 e. The topological polar surface area (TPSA) is 3.24 Å². The van der Waals surface area contributed by atoms with Crippen molar-refractivity contribution in [1.29, 1.82) is 0 Å². The van der Waals surface area contributed by atoms with Crippen LogP contribution in [0.1, 0.15) is 47.2 Å². The molecular formula is C64H47N. The lowest BCUT2D eigenvalue weighted by molar-refractivity contribution is 0.660. The highest BCUT2D eigenvalue weighted by Gasteiger charge is 2.47. The minimum atomic E-state index is -0.539. The van der Waals surface area contributed by atoms with Gasteiger partial charge in [-0.1, -0.05) is 238 Å². The molecule has 308 valence electrons. The summed E-state index contributed by atoms with van der Waals surface area (Å²) in [5.74, 6) is 0. The molecule has 0 atom stereocenters. The molecule has 0 spiro atoms. The Morgan fingerprint density at radius 2 is 0.769 bits per heavy atom. The third-order valence-corrected chi connectivity index (χ3v) is 14.2. The number of benzene rings is 10. The van der Waals surface area contributed by atoms with Crippen LogP contribution in [-0.2, 0) is 10.8 Å².